The van der Waals surface area contributed by atoms with Gasteiger partial charge >= 0.3 is 0 Å². The molecule has 0 aliphatic rings. The fourth-order valence-electron chi connectivity index (χ4n) is 1.11. The van der Waals surface area contributed by atoms with Gasteiger partial charge in [-0.25, -0.2) is 0 Å². The highest BCUT2D eigenvalue weighted by Crippen LogP contribution is 2.25. The van der Waals surface area contributed by atoms with Crippen LogP contribution in [-0.4, -0.2) is 6.29 Å². The third-order valence-electron chi connectivity index (χ3n) is 1.63. The van der Waals surface area contributed by atoms with Crippen LogP contribution in [-0.2, 0) is 0 Å². The van der Waals surface area contributed by atoms with Crippen molar-refractivity contribution in [3.63, 3.8) is 0 Å². The van der Waals surface area contributed by atoms with Gasteiger partial charge in [-0.3, -0.25) is 4.79 Å². The summed E-state index contributed by atoms with van der Waals surface area (Å²) in [6, 6.07) is 7.04. The van der Waals surface area contributed by atoms with Gasteiger partial charge in [0, 0.05) is 5.39 Å². The molecular weight excluding hydrogens is 176 g/mol. The van der Waals surface area contributed by atoms with E-state index in [9.17, 15) is 4.79 Å². The third kappa shape index (κ3) is 1.01. The van der Waals surface area contributed by atoms with Crippen LogP contribution in [0.4, 0.5) is 0 Å². The van der Waals surface area contributed by atoms with Crippen molar-refractivity contribution in [1.82, 2.24) is 0 Å². The molecule has 0 aliphatic heterocycles. The van der Waals surface area contributed by atoms with Crippen LogP contribution in [0.1, 0.15) is 10.6 Å². The van der Waals surface area contributed by atoms with Gasteiger partial charge in [0.2, 0.25) is 0 Å². The number of hydrogen-bond donors (Lipinski definition) is 0. The van der Waals surface area contributed by atoms with E-state index in [0.717, 1.165) is 5.39 Å². The first-order valence-electron chi connectivity index (χ1n) is 3.44. The van der Waals surface area contributed by atoms with Crippen LogP contribution in [0.15, 0.2) is 28.7 Å². The summed E-state index contributed by atoms with van der Waals surface area (Å²) in [6.45, 7) is 0. The molecule has 2 aromatic rings. The molecule has 2 nitrogen and oxygen atoms in total. The van der Waals surface area contributed by atoms with Gasteiger partial charge < -0.3 is 4.42 Å². The predicted octanol–water partition coefficient (Wildman–Crippen LogP) is 2.90. The molecule has 3 heteroatoms. The zero-order valence-electron chi connectivity index (χ0n) is 6.08. The van der Waals surface area contributed by atoms with E-state index in [1.54, 1.807) is 12.1 Å². The fraction of sp³-hybridized carbons (Fsp3) is 0. The molecule has 0 bridgehead atoms. The summed E-state index contributed by atoms with van der Waals surface area (Å²) in [5.74, 6) is 0.304. The lowest BCUT2D eigenvalue weighted by molar-refractivity contribution is 0.110. The van der Waals surface area contributed by atoms with Gasteiger partial charge in [0.15, 0.2) is 17.6 Å². The summed E-state index contributed by atoms with van der Waals surface area (Å²) >= 11 is 5.82. The molecule has 0 N–H and O–H groups in total. The van der Waals surface area contributed by atoms with Crippen molar-refractivity contribution >= 4 is 28.9 Å². The van der Waals surface area contributed by atoms with Gasteiger partial charge in [-0.1, -0.05) is 23.7 Å². The van der Waals surface area contributed by atoms with E-state index in [0.29, 0.717) is 22.7 Å². The molecule has 0 unspecified atom stereocenters. The largest absolute Gasteiger partial charge is 0.452 e. The third-order valence-corrected chi connectivity index (χ3v) is 1.93. The maximum atomic E-state index is 10.4. The van der Waals surface area contributed by atoms with E-state index < -0.39 is 0 Å². The molecule has 60 valence electrons. The molecule has 0 aliphatic carbocycles. The Hall–Kier alpha value is -1.28. The van der Waals surface area contributed by atoms with E-state index in [2.05, 4.69) is 0 Å². The van der Waals surface area contributed by atoms with Crippen LogP contribution in [0.25, 0.3) is 11.0 Å². The quantitative estimate of drug-likeness (QED) is 0.632. The van der Waals surface area contributed by atoms with Gasteiger partial charge in [0.1, 0.15) is 0 Å². The maximum Gasteiger partial charge on any atom is 0.185 e. The van der Waals surface area contributed by atoms with Crippen molar-refractivity contribution in [3.8, 4) is 0 Å². The van der Waals surface area contributed by atoms with Crippen LogP contribution in [0.3, 0.4) is 0 Å². The van der Waals surface area contributed by atoms with Crippen molar-refractivity contribution in [2.45, 2.75) is 0 Å². The number of fused-ring (bicyclic) bond motifs is 1. The second kappa shape index (κ2) is 2.64. The van der Waals surface area contributed by atoms with Crippen molar-refractivity contribution in [1.29, 1.82) is 0 Å². The van der Waals surface area contributed by atoms with Crippen molar-refractivity contribution in [3.05, 3.63) is 35.0 Å². The van der Waals surface area contributed by atoms with Gasteiger partial charge in [0.05, 0.1) is 5.02 Å². The molecular formula is C9H5ClO2. The number of hydrogen-bond acceptors (Lipinski definition) is 2. The second-order valence-electron chi connectivity index (χ2n) is 2.42. The molecule has 0 saturated carbocycles. The smallest absolute Gasteiger partial charge is 0.185 e. The monoisotopic (exact) mass is 180 g/mol. The molecule has 0 fully saturated rings. The second-order valence-corrected chi connectivity index (χ2v) is 2.83. The molecule has 2 rings (SSSR count). The Morgan fingerprint density at radius 2 is 2.25 bits per heavy atom. The minimum Gasteiger partial charge on any atom is -0.452 e. The Morgan fingerprint density at radius 3 is 2.92 bits per heavy atom. The molecule has 1 aromatic heterocycles. The fourth-order valence-corrected chi connectivity index (χ4v) is 1.33. The summed E-state index contributed by atoms with van der Waals surface area (Å²) in [5.41, 5.74) is 0.571. The molecule has 0 atom stereocenters. The number of para-hydroxylation sites is 1. The Bertz CT molecular complexity index is 431. The van der Waals surface area contributed by atoms with Crippen LogP contribution in [0.5, 0.6) is 0 Å². The van der Waals surface area contributed by atoms with Gasteiger partial charge in [-0.2, -0.15) is 0 Å². The minimum absolute atomic E-state index is 0.304. The highest BCUT2D eigenvalue weighted by atomic mass is 35.5. The first-order valence-corrected chi connectivity index (χ1v) is 3.82. The average molecular weight is 181 g/mol. The minimum atomic E-state index is 0.304. The average Bonchev–Trinajstić information content (AvgIpc) is 2.49. The molecule has 0 radical (unpaired) electrons. The van der Waals surface area contributed by atoms with Gasteiger partial charge in [-0.15, -0.1) is 0 Å². The first-order chi connectivity index (χ1) is 5.81. The lowest BCUT2D eigenvalue weighted by Crippen LogP contribution is -1.66. The van der Waals surface area contributed by atoms with Gasteiger partial charge in [-0.05, 0) is 12.1 Å². The molecule has 1 heterocycles. The van der Waals surface area contributed by atoms with E-state index in [4.69, 9.17) is 16.0 Å². The topological polar surface area (TPSA) is 30.2 Å². The summed E-state index contributed by atoms with van der Waals surface area (Å²) in [7, 11) is 0. The Labute approximate surface area is 73.7 Å². The number of halogens is 1. The highest BCUT2D eigenvalue weighted by Gasteiger charge is 2.04. The van der Waals surface area contributed by atoms with Crippen LogP contribution in [0, 0.1) is 0 Å². The lowest BCUT2D eigenvalue weighted by atomic mass is 10.2. The van der Waals surface area contributed by atoms with Crippen LogP contribution >= 0.6 is 11.6 Å². The van der Waals surface area contributed by atoms with E-state index >= 15 is 0 Å². The summed E-state index contributed by atoms with van der Waals surface area (Å²) in [4.78, 5) is 10.4. The molecule has 0 amide bonds. The van der Waals surface area contributed by atoms with Crippen molar-refractivity contribution < 1.29 is 9.21 Å². The Balaban J connectivity index is 2.82. The Kier molecular flexibility index (Phi) is 1.62. The molecule has 1 aromatic carbocycles. The number of carbonyl (C=O) groups is 1. The molecule has 0 spiro atoms. The summed E-state index contributed by atoms with van der Waals surface area (Å²) in [6.07, 6.45) is 0.663. The number of aldehydes is 1. The number of furan rings is 1. The summed E-state index contributed by atoms with van der Waals surface area (Å²) in [5, 5.41) is 1.38. The maximum absolute atomic E-state index is 10.4. The zero-order chi connectivity index (χ0) is 8.55. The Morgan fingerprint density at radius 1 is 1.42 bits per heavy atom. The predicted molar refractivity (Wildman–Crippen MR) is 46.6 cm³/mol. The van der Waals surface area contributed by atoms with E-state index in [1.807, 2.05) is 12.1 Å². The van der Waals surface area contributed by atoms with Crippen molar-refractivity contribution in [2.75, 3.05) is 0 Å². The van der Waals surface area contributed by atoms with Crippen molar-refractivity contribution in [2.24, 2.45) is 0 Å². The van der Waals surface area contributed by atoms with Crippen LogP contribution in [0.2, 0.25) is 5.02 Å². The first kappa shape index (κ1) is 7.37. The standard InChI is InChI=1S/C9H5ClO2/c10-8-3-1-2-6-4-7(5-11)12-9(6)8/h1-5H. The highest BCUT2D eigenvalue weighted by molar-refractivity contribution is 6.34. The van der Waals surface area contributed by atoms with E-state index in [-0.39, 0.29) is 0 Å². The van der Waals surface area contributed by atoms with Crippen LogP contribution < -0.4 is 0 Å². The zero-order valence-corrected chi connectivity index (χ0v) is 6.84. The normalized spacial score (nSPS) is 10.4. The van der Waals surface area contributed by atoms with E-state index in [1.165, 1.54) is 0 Å². The van der Waals surface area contributed by atoms with Gasteiger partial charge in [0.25, 0.3) is 0 Å². The number of benzene rings is 1. The number of rotatable bonds is 1. The number of carbonyl (C=O) groups excluding carboxylic acids is 1. The summed E-state index contributed by atoms with van der Waals surface area (Å²) < 4.78 is 5.15. The SMILES string of the molecule is O=Cc1cc2cccc(Cl)c2o1. The molecule has 0 saturated heterocycles. The lowest BCUT2D eigenvalue weighted by Gasteiger charge is -1.88. The molecule has 12 heavy (non-hydrogen) atoms.